The van der Waals surface area contributed by atoms with Crippen LogP contribution in [0.15, 0.2) is 18.3 Å². The van der Waals surface area contributed by atoms with Crippen LogP contribution in [0.25, 0.3) is 10.2 Å². The first-order valence-electron chi connectivity index (χ1n) is 6.51. The molecule has 6 heteroatoms. The van der Waals surface area contributed by atoms with E-state index < -0.39 is 0 Å². The molecule has 0 unspecified atom stereocenters. The minimum atomic E-state index is -0.100. The number of carbonyl (C=O) groups is 2. The van der Waals surface area contributed by atoms with E-state index in [1.807, 2.05) is 19.9 Å². The zero-order valence-corrected chi connectivity index (χ0v) is 12.9. The number of thiophene rings is 1. The molecular weight excluding hydrogens is 296 g/mol. The second kappa shape index (κ2) is 6.33. The summed E-state index contributed by atoms with van der Waals surface area (Å²) in [4.78, 5) is 29.5. The van der Waals surface area contributed by atoms with Gasteiger partial charge in [-0.15, -0.1) is 11.3 Å². The van der Waals surface area contributed by atoms with E-state index in [2.05, 4.69) is 4.98 Å². The number of hydrogen-bond donors (Lipinski definition) is 0. The Hall–Kier alpha value is -1.46. The lowest BCUT2D eigenvalue weighted by molar-refractivity contribution is -0.138. The van der Waals surface area contributed by atoms with Crippen LogP contribution in [0, 0.1) is 0 Å². The Bertz CT molecular complexity index is 638. The maximum absolute atomic E-state index is 11.5. The number of nitrogens with zero attached hydrogens (tertiary/aromatic N) is 2. The monoisotopic (exact) mass is 310 g/mol. The van der Waals surface area contributed by atoms with Crippen LogP contribution in [0.4, 0.5) is 0 Å². The molecule has 0 aromatic carbocycles. The van der Waals surface area contributed by atoms with E-state index in [4.69, 9.17) is 11.6 Å². The van der Waals surface area contributed by atoms with Crippen molar-refractivity contribution in [1.82, 2.24) is 9.88 Å². The summed E-state index contributed by atoms with van der Waals surface area (Å²) in [6.07, 6.45) is 2.29. The molecule has 0 bridgehead atoms. The van der Waals surface area contributed by atoms with Gasteiger partial charge in [0, 0.05) is 23.9 Å². The van der Waals surface area contributed by atoms with Gasteiger partial charge >= 0.3 is 0 Å². The van der Waals surface area contributed by atoms with Crippen molar-refractivity contribution in [2.75, 3.05) is 0 Å². The van der Waals surface area contributed by atoms with Crippen LogP contribution >= 0.6 is 22.9 Å². The number of imide groups is 1. The summed E-state index contributed by atoms with van der Waals surface area (Å²) >= 11 is 7.54. The molecule has 1 aliphatic rings. The molecule has 0 N–H and O–H groups in total. The van der Waals surface area contributed by atoms with Crippen LogP contribution in [-0.2, 0) is 16.1 Å². The zero-order chi connectivity index (χ0) is 14.7. The molecule has 2 aromatic rings. The molecule has 3 rings (SSSR count). The highest BCUT2D eigenvalue weighted by Crippen LogP contribution is 2.31. The van der Waals surface area contributed by atoms with Crippen LogP contribution in [0.2, 0.25) is 5.02 Å². The highest BCUT2D eigenvalue weighted by atomic mass is 35.5. The number of aromatic nitrogens is 1. The molecule has 1 fully saturated rings. The Morgan fingerprint density at radius 3 is 2.55 bits per heavy atom. The predicted octanol–water partition coefficient (Wildman–Crippen LogP) is 3.62. The van der Waals surface area contributed by atoms with E-state index in [1.165, 1.54) is 16.2 Å². The molecule has 20 heavy (non-hydrogen) atoms. The summed E-state index contributed by atoms with van der Waals surface area (Å²) < 4.78 is 0.897. The van der Waals surface area contributed by atoms with Gasteiger partial charge in [0.25, 0.3) is 0 Å². The maximum Gasteiger partial charge on any atom is 0.230 e. The van der Waals surface area contributed by atoms with Crippen molar-refractivity contribution < 1.29 is 9.59 Å². The van der Waals surface area contributed by atoms with E-state index in [0.717, 1.165) is 15.1 Å². The molecule has 3 heterocycles. The largest absolute Gasteiger partial charge is 0.277 e. The van der Waals surface area contributed by atoms with Crippen LogP contribution < -0.4 is 0 Å². The summed E-state index contributed by atoms with van der Waals surface area (Å²) in [5, 5.41) is 0.648. The van der Waals surface area contributed by atoms with Gasteiger partial charge < -0.3 is 0 Å². The Balaban J connectivity index is 0.000000704. The Labute approximate surface area is 126 Å². The van der Waals surface area contributed by atoms with E-state index >= 15 is 0 Å². The summed E-state index contributed by atoms with van der Waals surface area (Å²) in [5.41, 5.74) is 0.807. The highest BCUT2D eigenvalue weighted by molar-refractivity contribution is 7.19. The van der Waals surface area contributed by atoms with Crippen LogP contribution in [0.3, 0.4) is 0 Å². The van der Waals surface area contributed by atoms with Crippen molar-refractivity contribution in [3.8, 4) is 0 Å². The molecule has 0 spiro atoms. The molecule has 2 amide bonds. The molecule has 4 nitrogen and oxygen atoms in total. The second-order valence-corrected chi connectivity index (χ2v) is 5.64. The van der Waals surface area contributed by atoms with Gasteiger partial charge in [-0.2, -0.15) is 0 Å². The lowest BCUT2D eigenvalue weighted by Gasteiger charge is -2.11. The van der Waals surface area contributed by atoms with Crippen molar-refractivity contribution >= 4 is 45.0 Å². The Morgan fingerprint density at radius 2 is 1.95 bits per heavy atom. The average Bonchev–Trinajstić information content (AvgIpc) is 3.00. The predicted molar refractivity (Wildman–Crippen MR) is 80.8 cm³/mol. The fourth-order valence-corrected chi connectivity index (χ4v) is 3.27. The number of amides is 2. The van der Waals surface area contributed by atoms with Gasteiger partial charge in [0.15, 0.2) is 0 Å². The second-order valence-electron chi connectivity index (χ2n) is 4.09. The van der Waals surface area contributed by atoms with Gasteiger partial charge in [0.1, 0.15) is 0 Å². The van der Waals surface area contributed by atoms with Gasteiger partial charge in [-0.3, -0.25) is 19.5 Å². The van der Waals surface area contributed by atoms with E-state index in [-0.39, 0.29) is 11.8 Å². The third-order valence-corrected chi connectivity index (χ3v) is 4.45. The number of likely N-dealkylation sites (tertiary alicyclic amines) is 1. The third kappa shape index (κ3) is 2.83. The van der Waals surface area contributed by atoms with E-state index in [9.17, 15) is 9.59 Å². The van der Waals surface area contributed by atoms with Crippen molar-refractivity contribution in [3.05, 3.63) is 28.2 Å². The highest BCUT2D eigenvalue weighted by Gasteiger charge is 2.29. The first-order chi connectivity index (χ1) is 9.65. The van der Waals surface area contributed by atoms with Gasteiger partial charge in [-0.05, 0) is 12.1 Å². The van der Waals surface area contributed by atoms with E-state index in [0.29, 0.717) is 24.4 Å². The van der Waals surface area contributed by atoms with Gasteiger partial charge in [-0.25, -0.2) is 0 Å². The molecule has 0 saturated carbocycles. The topological polar surface area (TPSA) is 50.3 Å². The smallest absolute Gasteiger partial charge is 0.230 e. The minimum Gasteiger partial charge on any atom is -0.277 e. The molecule has 2 aromatic heterocycles. The Kier molecular flexibility index (Phi) is 4.73. The minimum absolute atomic E-state index is 0.100. The average molecular weight is 311 g/mol. The van der Waals surface area contributed by atoms with Crippen LogP contribution in [0.1, 0.15) is 31.6 Å². The summed E-state index contributed by atoms with van der Waals surface area (Å²) in [5.74, 6) is -0.201. The molecular formula is C14H15ClN2O2S. The number of fused-ring (bicyclic) bond motifs is 1. The van der Waals surface area contributed by atoms with Crippen molar-refractivity contribution in [1.29, 1.82) is 0 Å². The van der Waals surface area contributed by atoms with Crippen LogP contribution in [-0.4, -0.2) is 21.7 Å². The molecule has 0 atom stereocenters. The lowest BCUT2D eigenvalue weighted by atomic mass is 10.3. The number of rotatable bonds is 2. The summed E-state index contributed by atoms with van der Waals surface area (Å²) in [6, 6.07) is 3.61. The fourth-order valence-electron chi connectivity index (χ4n) is 1.99. The SMILES string of the molecule is CC.O=C1CCC(=O)N1Cc1cc2nccc(Cl)c2s1. The molecule has 0 aliphatic carbocycles. The standard InChI is InChI=1S/C12H9ClN2O2S.C2H6/c13-8-3-4-14-9-5-7(18-12(8)9)6-15-10(16)1-2-11(15)17;1-2/h3-5H,1-2,6H2;1-2H3. The maximum atomic E-state index is 11.5. The number of halogens is 1. The number of carbonyl (C=O) groups excluding carboxylic acids is 2. The van der Waals surface area contributed by atoms with Crippen LogP contribution in [0.5, 0.6) is 0 Å². The fraction of sp³-hybridized carbons (Fsp3) is 0.357. The van der Waals surface area contributed by atoms with Gasteiger partial charge in [-0.1, -0.05) is 25.4 Å². The lowest BCUT2D eigenvalue weighted by Crippen LogP contribution is -2.27. The first-order valence-corrected chi connectivity index (χ1v) is 7.71. The van der Waals surface area contributed by atoms with Gasteiger partial charge in [0.05, 0.1) is 21.8 Å². The Morgan fingerprint density at radius 1 is 1.30 bits per heavy atom. The van der Waals surface area contributed by atoms with E-state index in [1.54, 1.807) is 12.3 Å². The third-order valence-electron chi connectivity index (χ3n) is 2.88. The quantitative estimate of drug-likeness (QED) is 0.796. The van der Waals surface area contributed by atoms with Gasteiger partial charge in [0.2, 0.25) is 11.8 Å². The normalized spacial score (nSPS) is 14.7. The number of pyridine rings is 1. The van der Waals surface area contributed by atoms with Crippen molar-refractivity contribution in [2.24, 2.45) is 0 Å². The zero-order valence-electron chi connectivity index (χ0n) is 11.4. The summed E-state index contributed by atoms with van der Waals surface area (Å²) in [6.45, 7) is 4.33. The summed E-state index contributed by atoms with van der Waals surface area (Å²) in [7, 11) is 0. The molecule has 1 aliphatic heterocycles. The first kappa shape index (κ1) is 14.9. The molecule has 0 radical (unpaired) electrons. The molecule has 106 valence electrons. The van der Waals surface area contributed by atoms with Crippen molar-refractivity contribution in [2.45, 2.75) is 33.2 Å². The number of hydrogen-bond acceptors (Lipinski definition) is 4. The molecule has 1 saturated heterocycles. The van der Waals surface area contributed by atoms with Crippen molar-refractivity contribution in [3.63, 3.8) is 0 Å².